The summed E-state index contributed by atoms with van der Waals surface area (Å²) in [6.07, 6.45) is 3.44. The maximum Gasteiger partial charge on any atom is 0.0952 e. The molecule has 2 rings (SSSR count). The van der Waals surface area contributed by atoms with E-state index in [1.54, 1.807) is 12.5 Å². The summed E-state index contributed by atoms with van der Waals surface area (Å²) in [4.78, 5) is 0. The summed E-state index contributed by atoms with van der Waals surface area (Å²) in [5, 5.41) is 3.41. The van der Waals surface area contributed by atoms with E-state index in [0.717, 1.165) is 23.4 Å². The van der Waals surface area contributed by atoms with E-state index in [-0.39, 0.29) is 0 Å². The number of allylic oxidation sites excluding steroid dienone is 1. The Kier molecular flexibility index (Phi) is 3.33. The van der Waals surface area contributed by atoms with Crippen molar-refractivity contribution in [2.24, 2.45) is 0 Å². The fourth-order valence-electron chi connectivity index (χ4n) is 1.67. The molecule has 0 unspecified atom stereocenters. The maximum absolute atomic E-state index is 5.04. The lowest BCUT2D eigenvalue weighted by Gasteiger charge is -2.10. The molecule has 1 aromatic heterocycles. The molecule has 0 atom stereocenters. The highest BCUT2D eigenvalue weighted by Crippen LogP contribution is 2.21. The summed E-state index contributed by atoms with van der Waals surface area (Å²) < 4.78 is 5.04. The van der Waals surface area contributed by atoms with Crippen LogP contribution in [0.1, 0.15) is 23.6 Å². The Morgan fingerprint density at radius 3 is 2.82 bits per heavy atom. The van der Waals surface area contributed by atoms with Gasteiger partial charge in [0.25, 0.3) is 0 Å². The molecule has 0 saturated carbocycles. The molecule has 0 bridgehead atoms. The Labute approximate surface area is 102 Å². The minimum Gasteiger partial charge on any atom is -0.472 e. The second-order valence-electron chi connectivity index (χ2n) is 4.30. The van der Waals surface area contributed by atoms with Gasteiger partial charge in [-0.25, -0.2) is 0 Å². The summed E-state index contributed by atoms with van der Waals surface area (Å²) in [5.74, 6) is 0. The van der Waals surface area contributed by atoms with Crippen LogP contribution in [0.3, 0.4) is 0 Å². The van der Waals surface area contributed by atoms with Gasteiger partial charge in [0.15, 0.2) is 0 Å². The van der Waals surface area contributed by atoms with Crippen molar-refractivity contribution in [1.29, 1.82) is 0 Å². The van der Waals surface area contributed by atoms with Crippen molar-refractivity contribution in [3.05, 3.63) is 60.1 Å². The minimum atomic E-state index is 0.775. The molecule has 88 valence electrons. The summed E-state index contributed by atoms with van der Waals surface area (Å²) in [7, 11) is 0. The lowest BCUT2D eigenvalue weighted by atomic mass is 10.1. The van der Waals surface area contributed by atoms with Crippen molar-refractivity contribution in [2.45, 2.75) is 20.4 Å². The molecule has 17 heavy (non-hydrogen) atoms. The summed E-state index contributed by atoms with van der Waals surface area (Å²) in [5.41, 5.74) is 5.77. The summed E-state index contributed by atoms with van der Waals surface area (Å²) in [6, 6.07) is 8.31. The zero-order chi connectivity index (χ0) is 12.3. The van der Waals surface area contributed by atoms with Crippen LogP contribution in [0.15, 0.2) is 47.8 Å². The monoisotopic (exact) mass is 227 g/mol. The average Bonchev–Trinajstić information content (AvgIpc) is 2.80. The van der Waals surface area contributed by atoms with Crippen LogP contribution in [0, 0.1) is 6.92 Å². The molecule has 0 fully saturated rings. The van der Waals surface area contributed by atoms with Crippen LogP contribution in [0.25, 0.3) is 5.57 Å². The second-order valence-corrected chi connectivity index (χ2v) is 4.30. The number of furan rings is 1. The van der Waals surface area contributed by atoms with E-state index in [4.69, 9.17) is 4.42 Å². The Morgan fingerprint density at radius 2 is 2.18 bits per heavy atom. The molecule has 2 aromatic rings. The normalized spacial score (nSPS) is 10.2. The van der Waals surface area contributed by atoms with Gasteiger partial charge in [-0.3, -0.25) is 0 Å². The van der Waals surface area contributed by atoms with Gasteiger partial charge in [0.2, 0.25) is 0 Å². The standard InChI is InChI=1S/C15H17NO/c1-11(2)14-5-4-12(3)15(8-14)16-9-13-6-7-17-10-13/h4-8,10,16H,1,9H2,2-3H3. The van der Waals surface area contributed by atoms with Gasteiger partial charge in [0.05, 0.1) is 12.5 Å². The molecule has 0 aliphatic carbocycles. The van der Waals surface area contributed by atoms with Gasteiger partial charge in [-0.05, 0) is 37.1 Å². The zero-order valence-electron chi connectivity index (χ0n) is 10.3. The summed E-state index contributed by atoms with van der Waals surface area (Å²) >= 11 is 0. The third kappa shape index (κ3) is 2.78. The molecule has 2 heteroatoms. The van der Waals surface area contributed by atoms with Gasteiger partial charge >= 0.3 is 0 Å². The highest BCUT2D eigenvalue weighted by atomic mass is 16.3. The van der Waals surface area contributed by atoms with E-state index in [1.165, 1.54) is 11.1 Å². The number of nitrogens with one attached hydrogen (secondary N) is 1. The average molecular weight is 227 g/mol. The predicted octanol–water partition coefficient (Wildman–Crippen LogP) is 4.23. The first-order valence-corrected chi connectivity index (χ1v) is 5.68. The van der Waals surface area contributed by atoms with Crippen molar-refractivity contribution in [3.8, 4) is 0 Å². The lowest BCUT2D eigenvalue weighted by Crippen LogP contribution is -2.00. The Balaban J connectivity index is 2.14. The SMILES string of the molecule is C=C(C)c1ccc(C)c(NCc2ccoc2)c1. The van der Waals surface area contributed by atoms with Crippen LogP contribution < -0.4 is 5.32 Å². The second kappa shape index (κ2) is 4.91. The first-order chi connectivity index (χ1) is 8.16. The molecular weight excluding hydrogens is 210 g/mol. The van der Waals surface area contributed by atoms with Crippen molar-refractivity contribution in [1.82, 2.24) is 0 Å². The molecule has 0 saturated heterocycles. The minimum absolute atomic E-state index is 0.775. The molecule has 2 nitrogen and oxygen atoms in total. The molecular formula is C15H17NO. The molecule has 1 heterocycles. The van der Waals surface area contributed by atoms with E-state index in [9.17, 15) is 0 Å². The van der Waals surface area contributed by atoms with E-state index < -0.39 is 0 Å². The van der Waals surface area contributed by atoms with E-state index in [0.29, 0.717) is 0 Å². The Hall–Kier alpha value is -1.96. The van der Waals surface area contributed by atoms with Crippen LogP contribution in [0.5, 0.6) is 0 Å². The molecule has 0 radical (unpaired) electrons. The maximum atomic E-state index is 5.04. The molecule has 1 N–H and O–H groups in total. The topological polar surface area (TPSA) is 25.2 Å². The first-order valence-electron chi connectivity index (χ1n) is 5.68. The van der Waals surface area contributed by atoms with Gasteiger partial charge in [-0.2, -0.15) is 0 Å². The molecule has 0 aliphatic heterocycles. The van der Waals surface area contributed by atoms with Gasteiger partial charge in [-0.1, -0.05) is 24.3 Å². The number of hydrogen-bond donors (Lipinski definition) is 1. The van der Waals surface area contributed by atoms with Crippen LogP contribution >= 0.6 is 0 Å². The molecule has 1 aromatic carbocycles. The van der Waals surface area contributed by atoms with Gasteiger partial charge < -0.3 is 9.73 Å². The van der Waals surface area contributed by atoms with Crippen molar-refractivity contribution < 1.29 is 4.42 Å². The number of aryl methyl sites for hydroxylation is 1. The number of hydrogen-bond acceptors (Lipinski definition) is 2. The van der Waals surface area contributed by atoms with E-state index in [1.807, 2.05) is 13.0 Å². The van der Waals surface area contributed by atoms with Gasteiger partial charge in [0.1, 0.15) is 0 Å². The highest BCUT2D eigenvalue weighted by molar-refractivity contribution is 5.67. The quantitative estimate of drug-likeness (QED) is 0.845. The van der Waals surface area contributed by atoms with E-state index in [2.05, 4.69) is 37.0 Å². The Bertz CT molecular complexity index is 512. The van der Waals surface area contributed by atoms with Gasteiger partial charge in [0, 0.05) is 17.8 Å². The third-order valence-corrected chi connectivity index (χ3v) is 2.79. The Morgan fingerprint density at radius 1 is 1.35 bits per heavy atom. The van der Waals surface area contributed by atoms with Crippen LogP contribution in [0.4, 0.5) is 5.69 Å². The van der Waals surface area contributed by atoms with E-state index >= 15 is 0 Å². The molecule has 0 aliphatic rings. The third-order valence-electron chi connectivity index (χ3n) is 2.79. The van der Waals surface area contributed by atoms with Crippen LogP contribution in [-0.2, 0) is 6.54 Å². The summed E-state index contributed by atoms with van der Waals surface area (Å²) in [6.45, 7) is 8.85. The fraction of sp³-hybridized carbons (Fsp3) is 0.200. The smallest absolute Gasteiger partial charge is 0.0952 e. The van der Waals surface area contributed by atoms with Crippen LogP contribution in [0.2, 0.25) is 0 Å². The van der Waals surface area contributed by atoms with Crippen molar-refractivity contribution in [2.75, 3.05) is 5.32 Å². The molecule has 0 spiro atoms. The van der Waals surface area contributed by atoms with Gasteiger partial charge in [-0.15, -0.1) is 0 Å². The molecule has 0 amide bonds. The van der Waals surface area contributed by atoms with Crippen molar-refractivity contribution in [3.63, 3.8) is 0 Å². The lowest BCUT2D eigenvalue weighted by molar-refractivity contribution is 0.564. The zero-order valence-corrected chi connectivity index (χ0v) is 10.3. The van der Waals surface area contributed by atoms with Crippen molar-refractivity contribution >= 4 is 11.3 Å². The predicted molar refractivity (Wildman–Crippen MR) is 71.9 cm³/mol. The first kappa shape index (κ1) is 11.5. The number of anilines is 1. The largest absolute Gasteiger partial charge is 0.472 e. The van der Waals surface area contributed by atoms with Crippen LogP contribution in [-0.4, -0.2) is 0 Å². The fourth-order valence-corrected chi connectivity index (χ4v) is 1.67. The highest BCUT2D eigenvalue weighted by Gasteiger charge is 2.01. The number of rotatable bonds is 4. The number of benzene rings is 1.